The molecule has 0 radical (unpaired) electrons. The molecule has 0 spiro atoms. The summed E-state index contributed by atoms with van der Waals surface area (Å²) in [5, 5.41) is 27.3. The van der Waals surface area contributed by atoms with Gasteiger partial charge in [0.05, 0.1) is 43.0 Å². The fourth-order valence-electron chi connectivity index (χ4n) is 10.5. The molecule has 0 unspecified atom stereocenters. The number of esters is 1. The smallest absolute Gasteiger partial charge is 0.407 e. The SMILES string of the molecule is CCN(CCNC(=O)O[C@H]1[C@H](C)O[C@@H](O[C@H]2[C@H](C)[C@@H](O[C@@H]3O[C@H](C)C[C@H](N(C)C)[C@H]3O)[C@](C)(O)C[C@@H](C)[C@H](N)[C@H](C)CN(C)CCOC(=O)[C@@H]2C)C[C@@]1(C)OC)[C@@H](C)c1ccccc1OC. The van der Waals surface area contributed by atoms with Gasteiger partial charge in [-0.1, -0.05) is 45.9 Å². The van der Waals surface area contributed by atoms with Crippen molar-refractivity contribution >= 4 is 12.1 Å². The lowest BCUT2D eigenvalue weighted by atomic mass is 9.75. The third kappa shape index (κ3) is 14.2. The number of aliphatic hydroxyl groups is 2. The molecule has 0 aromatic heterocycles. The van der Waals surface area contributed by atoms with Gasteiger partial charge in [0.1, 0.15) is 24.1 Å². The van der Waals surface area contributed by atoms with Crippen LogP contribution in [-0.4, -0.2) is 184 Å². The molecule has 17 heteroatoms. The number of hydrogen-bond acceptors (Lipinski definition) is 16. The first-order valence-electron chi connectivity index (χ1n) is 24.1. The van der Waals surface area contributed by atoms with Gasteiger partial charge in [-0.25, -0.2) is 4.79 Å². The van der Waals surface area contributed by atoms with Crippen molar-refractivity contribution in [1.29, 1.82) is 0 Å². The minimum atomic E-state index is -1.56. The number of alkyl carbamates (subject to hydrolysis) is 1. The number of nitrogens with one attached hydrogen (secondary N) is 1. The molecule has 380 valence electrons. The molecule has 3 heterocycles. The Labute approximate surface area is 395 Å². The summed E-state index contributed by atoms with van der Waals surface area (Å²) in [6.07, 6.45) is -6.54. The molecule has 3 aliphatic rings. The Morgan fingerprint density at radius 1 is 1.03 bits per heavy atom. The lowest BCUT2D eigenvalue weighted by Crippen LogP contribution is -2.61. The molecule has 0 saturated carbocycles. The summed E-state index contributed by atoms with van der Waals surface area (Å²) in [6.45, 7) is 22.2. The van der Waals surface area contributed by atoms with Gasteiger partial charge in [-0.3, -0.25) is 9.69 Å². The number of likely N-dealkylation sites (N-methyl/N-ethyl adjacent to an activating group) is 3. The monoisotopic (exact) mass is 938 g/mol. The van der Waals surface area contributed by atoms with E-state index < -0.39 is 78.2 Å². The molecular weight excluding hydrogens is 851 g/mol. The fraction of sp³-hybridized carbons (Fsp3) is 0.837. The van der Waals surface area contributed by atoms with E-state index in [2.05, 4.69) is 35.9 Å². The largest absolute Gasteiger partial charge is 0.496 e. The number of cyclic esters (lactones) is 1. The number of para-hydroxylation sites is 1. The first-order valence-corrected chi connectivity index (χ1v) is 24.1. The second kappa shape index (κ2) is 24.7. The van der Waals surface area contributed by atoms with Crippen LogP contribution in [0.15, 0.2) is 24.3 Å². The van der Waals surface area contributed by atoms with Gasteiger partial charge in [-0.05, 0) is 100.0 Å². The second-order valence-corrected chi connectivity index (χ2v) is 20.2. The number of aliphatic hydroxyl groups excluding tert-OH is 1. The van der Waals surface area contributed by atoms with Crippen LogP contribution >= 0.6 is 0 Å². The molecular formula is C49H87N5O12. The number of carbonyl (C=O) groups is 2. The third-order valence-corrected chi connectivity index (χ3v) is 14.6. The van der Waals surface area contributed by atoms with Crippen LogP contribution in [0, 0.1) is 23.7 Å². The molecule has 3 fully saturated rings. The zero-order chi connectivity index (χ0) is 49.3. The molecule has 3 saturated heterocycles. The average Bonchev–Trinajstić information content (AvgIpc) is 3.26. The second-order valence-electron chi connectivity index (χ2n) is 20.2. The van der Waals surface area contributed by atoms with Crippen LogP contribution in [0.1, 0.15) is 100 Å². The Balaban J connectivity index is 1.59. The molecule has 1 amide bonds. The first kappa shape index (κ1) is 55.9. The van der Waals surface area contributed by atoms with E-state index in [9.17, 15) is 19.8 Å². The van der Waals surface area contributed by atoms with E-state index >= 15 is 0 Å². The van der Waals surface area contributed by atoms with Crippen LogP contribution in [0.5, 0.6) is 5.75 Å². The number of methoxy groups -OCH3 is 2. The van der Waals surface area contributed by atoms with Gasteiger partial charge >= 0.3 is 12.1 Å². The van der Waals surface area contributed by atoms with Crippen molar-refractivity contribution in [2.45, 2.75) is 167 Å². The Bertz CT molecular complexity index is 1660. The lowest BCUT2D eigenvalue weighted by molar-refractivity contribution is -0.317. The molecule has 0 aliphatic carbocycles. The van der Waals surface area contributed by atoms with Crippen LogP contribution in [-0.2, 0) is 38.0 Å². The van der Waals surface area contributed by atoms with Crippen molar-refractivity contribution in [3.8, 4) is 5.75 Å². The van der Waals surface area contributed by atoms with Gasteiger partial charge in [0, 0.05) is 69.3 Å². The van der Waals surface area contributed by atoms with Crippen LogP contribution in [0.3, 0.4) is 0 Å². The topological polar surface area (TPSA) is 196 Å². The summed E-state index contributed by atoms with van der Waals surface area (Å²) in [4.78, 5) is 33.8. The number of ether oxygens (including phenoxy) is 8. The van der Waals surface area contributed by atoms with E-state index in [1.54, 1.807) is 35.0 Å². The third-order valence-electron chi connectivity index (χ3n) is 14.6. The summed E-state index contributed by atoms with van der Waals surface area (Å²) in [7, 11) is 8.98. The molecule has 1 aromatic carbocycles. The number of nitrogens with zero attached hydrogens (tertiary/aromatic N) is 3. The quantitative estimate of drug-likeness (QED) is 0.191. The Hall–Kier alpha value is -2.68. The van der Waals surface area contributed by atoms with Gasteiger partial charge in [0.25, 0.3) is 0 Å². The average molecular weight is 938 g/mol. The summed E-state index contributed by atoms with van der Waals surface area (Å²) in [5.74, 6) is -1.37. The number of amides is 1. The van der Waals surface area contributed by atoms with E-state index in [-0.39, 0.29) is 55.5 Å². The number of rotatable bonds is 14. The summed E-state index contributed by atoms with van der Waals surface area (Å²) >= 11 is 0. The highest BCUT2D eigenvalue weighted by Crippen LogP contribution is 2.41. The Kier molecular flexibility index (Phi) is 21.0. The highest BCUT2D eigenvalue weighted by atomic mass is 16.7. The van der Waals surface area contributed by atoms with Crippen molar-refractivity contribution in [1.82, 2.24) is 20.0 Å². The van der Waals surface area contributed by atoms with Gasteiger partial charge in [-0.15, -0.1) is 0 Å². The van der Waals surface area contributed by atoms with Gasteiger partial charge in [-0.2, -0.15) is 0 Å². The lowest BCUT2D eigenvalue weighted by Gasteiger charge is -2.49. The standard InChI is InChI=1S/C49H87N5O12/c1-16-54(34(7)36-19-17-18-20-38(36)59-14)22-21-51-47(57)66-44-35(8)63-39(27-49(44,10)60-15)64-42-32(5)43(65-46-41(55)37(52(11)12)25-31(4)62-46)48(9,58)26-29(2)40(50)30(3)28-53(13)23-24-61-45(56)33(42)6/h17-20,29-35,37,39-44,46,55,58H,16,21-28,50H2,1-15H3,(H,51,57)/t29-,30-,31-,32+,33-,34+,35+,37+,39+,40+,41-,42+,43-,44+,46+,48-,49-/m1/s1. The fourth-order valence-corrected chi connectivity index (χ4v) is 10.5. The zero-order valence-corrected chi connectivity index (χ0v) is 42.7. The van der Waals surface area contributed by atoms with Crippen molar-refractivity contribution < 1.29 is 57.7 Å². The molecule has 4 rings (SSSR count). The predicted molar refractivity (Wildman–Crippen MR) is 252 cm³/mol. The molecule has 0 bridgehead atoms. The van der Waals surface area contributed by atoms with Gasteiger partial charge in [0.2, 0.25) is 0 Å². The predicted octanol–water partition coefficient (Wildman–Crippen LogP) is 4.41. The molecule has 3 aliphatic heterocycles. The molecule has 5 N–H and O–H groups in total. The highest BCUT2D eigenvalue weighted by Gasteiger charge is 2.53. The molecule has 17 atom stereocenters. The van der Waals surface area contributed by atoms with Crippen LogP contribution in [0.2, 0.25) is 0 Å². The van der Waals surface area contributed by atoms with E-state index in [1.807, 2.05) is 78.0 Å². The minimum Gasteiger partial charge on any atom is -0.496 e. The molecule has 1 aromatic rings. The molecule has 17 nitrogen and oxygen atoms in total. The van der Waals surface area contributed by atoms with E-state index in [0.717, 1.165) is 17.9 Å². The highest BCUT2D eigenvalue weighted by molar-refractivity contribution is 5.72. The maximum atomic E-state index is 14.0. The molecule has 66 heavy (non-hydrogen) atoms. The number of nitrogens with two attached hydrogens (primary N) is 1. The van der Waals surface area contributed by atoms with Crippen molar-refractivity contribution in [2.75, 3.05) is 74.7 Å². The maximum absolute atomic E-state index is 14.0. The van der Waals surface area contributed by atoms with Crippen molar-refractivity contribution in [2.24, 2.45) is 29.4 Å². The Morgan fingerprint density at radius 2 is 1.71 bits per heavy atom. The normalized spacial score (nSPS) is 38.5. The summed E-state index contributed by atoms with van der Waals surface area (Å²) in [6, 6.07) is 7.41. The van der Waals surface area contributed by atoms with Gasteiger partial charge < -0.3 is 69.0 Å². The van der Waals surface area contributed by atoms with Crippen molar-refractivity contribution in [3.05, 3.63) is 29.8 Å². The van der Waals surface area contributed by atoms with Crippen LogP contribution in [0.4, 0.5) is 4.79 Å². The van der Waals surface area contributed by atoms with Crippen molar-refractivity contribution in [3.63, 3.8) is 0 Å². The number of benzene rings is 1. The summed E-state index contributed by atoms with van der Waals surface area (Å²) < 4.78 is 50.2. The number of carbonyl (C=O) groups excluding carboxylic acids is 2. The van der Waals surface area contributed by atoms with E-state index in [4.69, 9.17) is 43.6 Å². The number of hydrogen-bond donors (Lipinski definition) is 4. The van der Waals surface area contributed by atoms with E-state index in [1.165, 1.54) is 0 Å². The first-order chi connectivity index (χ1) is 31.0. The maximum Gasteiger partial charge on any atom is 0.407 e. The van der Waals surface area contributed by atoms with Crippen LogP contribution < -0.4 is 15.8 Å². The van der Waals surface area contributed by atoms with Crippen LogP contribution in [0.25, 0.3) is 0 Å². The summed E-state index contributed by atoms with van der Waals surface area (Å²) in [5.41, 5.74) is 5.31. The minimum absolute atomic E-state index is 0.0441. The van der Waals surface area contributed by atoms with E-state index in [0.29, 0.717) is 32.6 Å². The van der Waals surface area contributed by atoms with Gasteiger partial charge in [0.15, 0.2) is 18.7 Å². The zero-order valence-electron chi connectivity index (χ0n) is 42.7. The Morgan fingerprint density at radius 3 is 2.35 bits per heavy atom.